The van der Waals surface area contributed by atoms with Crippen LogP contribution >= 0.6 is 0 Å². The molecule has 2 N–H and O–H groups in total. The third-order valence-electron chi connectivity index (χ3n) is 4.31. The lowest BCUT2D eigenvalue weighted by atomic mass is 9.77. The standard InChI is InChI=1S/C16H21N3O/c1-15(2,12-7-4-3-5-8-12)11-13-18-14(19-20-13)16(17)9-6-10-16/h3-5,7-8H,6,9-11,17H2,1-2H3. The molecule has 0 bridgehead atoms. The van der Waals surface area contributed by atoms with Crippen LogP contribution in [0.3, 0.4) is 0 Å². The molecule has 1 aromatic carbocycles. The molecular weight excluding hydrogens is 250 g/mol. The van der Waals surface area contributed by atoms with Crippen LogP contribution in [0.15, 0.2) is 34.9 Å². The van der Waals surface area contributed by atoms with Crippen molar-refractivity contribution in [1.29, 1.82) is 0 Å². The minimum Gasteiger partial charge on any atom is -0.339 e. The van der Waals surface area contributed by atoms with Gasteiger partial charge in [0.25, 0.3) is 0 Å². The summed E-state index contributed by atoms with van der Waals surface area (Å²) in [6.07, 6.45) is 3.78. The van der Waals surface area contributed by atoms with E-state index in [1.54, 1.807) is 0 Å². The molecule has 0 radical (unpaired) electrons. The third-order valence-corrected chi connectivity index (χ3v) is 4.31. The highest BCUT2D eigenvalue weighted by atomic mass is 16.5. The van der Waals surface area contributed by atoms with Crippen molar-refractivity contribution in [3.05, 3.63) is 47.6 Å². The number of nitrogens with zero attached hydrogens (tertiary/aromatic N) is 2. The molecule has 0 unspecified atom stereocenters. The second-order valence-electron chi connectivity index (χ2n) is 6.45. The van der Waals surface area contributed by atoms with Gasteiger partial charge in [-0.05, 0) is 30.2 Å². The highest BCUT2D eigenvalue weighted by molar-refractivity contribution is 5.24. The lowest BCUT2D eigenvalue weighted by Crippen LogP contribution is -2.44. The first-order valence-electron chi connectivity index (χ1n) is 7.17. The summed E-state index contributed by atoms with van der Waals surface area (Å²) in [5.41, 5.74) is 7.11. The van der Waals surface area contributed by atoms with Crippen molar-refractivity contribution < 1.29 is 4.52 Å². The maximum Gasteiger partial charge on any atom is 0.227 e. The van der Waals surface area contributed by atoms with Gasteiger partial charge in [0.2, 0.25) is 5.89 Å². The fourth-order valence-electron chi connectivity index (χ4n) is 2.68. The van der Waals surface area contributed by atoms with Crippen molar-refractivity contribution in [2.75, 3.05) is 0 Å². The van der Waals surface area contributed by atoms with E-state index < -0.39 is 0 Å². The Morgan fingerprint density at radius 1 is 1.25 bits per heavy atom. The largest absolute Gasteiger partial charge is 0.339 e. The zero-order chi connectivity index (χ0) is 14.2. The fraction of sp³-hybridized carbons (Fsp3) is 0.500. The summed E-state index contributed by atoms with van der Waals surface area (Å²) < 4.78 is 5.40. The van der Waals surface area contributed by atoms with Gasteiger partial charge in [-0.1, -0.05) is 49.3 Å². The maximum atomic E-state index is 6.23. The van der Waals surface area contributed by atoms with Crippen molar-refractivity contribution in [2.24, 2.45) is 5.73 Å². The van der Waals surface area contributed by atoms with Crippen LogP contribution in [0.1, 0.15) is 50.4 Å². The molecule has 1 heterocycles. The highest BCUT2D eigenvalue weighted by Gasteiger charge is 2.39. The Balaban J connectivity index is 1.78. The lowest BCUT2D eigenvalue weighted by Gasteiger charge is -2.34. The van der Waals surface area contributed by atoms with Crippen molar-refractivity contribution in [3.8, 4) is 0 Å². The van der Waals surface area contributed by atoms with Gasteiger partial charge in [-0.3, -0.25) is 0 Å². The van der Waals surface area contributed by atoms with E-state index in [1.165, 1.54) is 5.56 Å². The second kappa shape index (κ2) is 4.70. The van der Waals surface area contributed by atoms with Gasteiger partial charge in [-0.2, -0.15) is 4.98 Å². The molecule has 0 atom stereocenters. The molecule has 1 aliphatic carbocycles. The normalized spacial score (nSPS) is 17.8. The average molecular weight is 271 g/mol. The molecule has 0 saturated heterocycles. The van der Waals surface area contributed by atoms with Gasteiger partial charge in [0.1, 0.15) is 0 Å². The zero-order valence-corrected chi connectivity index (χ0v) is 12.1. The SMILES string of the molecule is CC(C)(Cc1nc(C2(N)CCC2)no1)c1ccccc1. The summed E-state index contributed by atoms with van der Waals surface area (Å²) in [7, 11) is 0. The van der Waals surface area contributed by atoms with E-state index in [0.29, 0.717) is 11.7 Å². The summed E-state index contributed by atoms with van der Waals surface area (Å²) in [6.45, 7) is 4.38. The van der Waals surface area contributed by atoms with E-state index in [0.717, 1.165) is 25.7 Å². The Morgan fingerprint density at radius 2 is 1.95 bits per heavy atom. The molecule has 3 rings (SSSR count). The zero-order valence-electron chi connectivity index (χ0n) is 12.1. The van der Waals surface area contributed by atoms with Gasteiger partial charge in [-0.25, -0.2) is 0 Å². The van der Waals surface area contributed by atoms with Crippen LogP contribution in [0, 0.1) is 0 Å². The van der Waals surface area contributed by atoms with Crippen LogP contribution in [-0.2, 0) is 17.4 Å². The Kier molecular flexibility index (Phi) is 3.13. The molecule has 106 valence electrons. The van der Waals surface area contributed by atoms with E-state index >= 15 is 0 Å². The second-order valence-corrected chi connectivity index (χ2v) is 6.45. The third kappa shape index (κ3) is 2.36. The molecule has 0 spiro atoms. The summed E-state index contributed by atoms with van der Waals surface area (Å²) in [5, 5.41) is 4.08. The number of benzene rings is 1. The van der Waals surface area contributed by atoms with Crippen LogP contribution < -0.4 is 5.73 Å². The minimum absolute atomic E-state index is 0.0353. The topological polar surface area (TPSA) is 64.9 Å². The predicted octanol–water partition coefficient (Wildman–Crippen LogP) is 2.93. The average Bonchev–Trinajstić information content (AvgIpc) is 2.85. The molecule has 4 nitrogen and oxygen atoms in total. The molecule has 1 aromatic heterocycles. The van der Waals surface area contributed by atoms with Crippen molar-refractivity contribution >= 4 is 0 Å². The van der Waals surface area contributed by atoms with Crippen LogP contribution in [0.2, 0.25) is 0 Å². The quantitative estimate of drug-likeness (QED) is 0.928. The van der Waals surface area contributed by atoms with Crippen molar-refractivity contribution in [1.82, 2.24) is 10.1 Å². The van der Waals surface area contributed by atoms with E-state index in [2.05, 4.69) is 48.3 Å². The van der Waals surface area contributed by atoms with Crippen molar-refractivity contribution in [2.45, 2.75) is 50.5 Å². The van der Waals surface area contributed by atoms with Gasteiger partial charge in [0, 0.05) is 6.42 Å². The molecular formula is C16H21N3O. The maximum absolute atomic E-state index is 6.23. The van der Waals surface area contributed by atoms with E-state index in [4.69, 9.17) is 10.3 Å². The van der Waals surface area contributed by atoms with Gasteiger partial charge in [0.15, 0.2) is 5.82 Å². The van der Waals surface area contributed by atoms with E-state index in [-0.39, 0.29) is 11.0 Å². The van der Waals surface area contributed by atoms with Crippen LogP contribution in [-0.4, -0.2) is 10.1 Å². The number of hydrogen-bond acceptors (Lipinski definition) is 4. The lowest BCUT2D eigenvalue weighted by molar-refractivity contribution is 0.228. The Bertz CT molecular complexity index is 585. The molecule has 1 aliphatic rings. The summed E-state index contributed by atoms with van der Waals surface area (Å²) in [4.78, 5) is 4.51. The van der Waals surface area contributed by atoms with E-state index in [9.17, 15) is 0 Å². The van der Waals surface area contributed by atoms with Gasteiger partial charge >= 0.3 is 0 Å². The number of aromatic nitrogens is 2. The first kappa shape index (κ1) is 13.3. The van der Waals surface area contributed by atoms with Crippen LogP contribution in [0.25, 0.3) is 0 Å². The molecule has 4 heteroatoms. The summed E-state index contributed by atoms with van der Waals surface area (Å²) >= 11 is 0. The van der Waals surface area contributed by atoms with Gasteiger partial charge in [-0.15, -0.1) is 0 Å². The Labute approximate surface area is 119 Å². The smallest absolute Gasteiger partial charge is 0.227 e. The fourth-order valence-corrected chi connectivity index (χ4v) is 2.68. The molecule has 1 fully saturated rings. The first-order chi connectivity index (χ1) is 9.50. The summed E-state index contributed by atoms with van der Waals surface area (Å²) in [5.74, 6) is 1.34. The van der Waals surface area contributed by atoms with Crippen LogP contribution in [0.5, 0.6) is 0 Å². The molecule has 1 saturated carbocycles. The van der Waals surface area contributed by atoms with Crippen LogP contribution in [0.4, 0.5) is 0 Å². The van der Waals surface area contributed by atoms with Gasteiger partial charge in [0.05, 0.1) is 5.54 Å². The molecule has 0 amide bonds. The monoisotopic (exact) mass is 271 g/mol. The molecule has 20 heavy (non-hydrogen) atoms. The van der Waals surface area contributed by atoms with Crippen molar-refractivity contribution in [3.63, 3.8) is 0 Å². The highest BCUT2D eigenvalue weighted by Crippen LogP contribution is 2.37. The van der Waals surface area contributed by atoms with Gasteiger partial charge < -0.3 is 10.3 Å². The predicted molar refractivity (Wildman–Crippen MR) is 77.2 cm³/mol. The number of rotatable bonds is 4. The minimum atomic E-state index is -0.349. The molecule has 0 aliphatic heterocycles. The Morgan fingerprint density at radius 3 is 2.55 bits per heavy atom. The Hall–Kier alpha value is -1.68. The molecule has 2 aromatic rings. The first-order valence-corrected chi connectivity index (χ1v) is 7.17. The summed E-state index contributed by atoms with van der Waals surface area (Å²) in [6, 6.07) is 10.4. The number of nitrogens with two attached hydrogens (primary N) is 1. The number of hydrogen-bond donors (Lipinski definition) is 1. The van der Waals surface area contributed by atoms with E-state index in [1.807, 2.05) is 6.07 Å².